The van der Waals surface area contributed by atoms with Crippen molar-refractivity contribution in [3.05, 3.63) is 65.0 Å². The van der Waals surface area contributed by atoms with Gasteiger partial charge in [0.25, 0.3) is 0 Å². The molecule has 8 nitrogen and oxygen atoms in total. The van der Waals surface area contributed by atoms with Crippen LogP contribution in [0.3, 0.4) is 0 Å². The Morgan fingerprint density at radius 1 is 1.21 bits per heavy atom. The van der Waals surface area contributed by atoms with E-state index in [-0.39, 0.29) is 0 Å². The normalized spacial score (nSPS) is 17.2. The van der Waals surface area contributed by atoms with Crippen molar-refractivity contribution in [1.29, 1.82) is 5.26 Å². The molecule has 0 fully saturated rings. The van der Waals surface area contributed by atoms with Crippen LogP contribution in [-0.4, -0.2) is 49.7 Å². The van der Waals surface area contributed by atoms with Crippen molar-refractivity contribution in [2.75, 3.05) is 31.4 Å². The lowest BCUT2D eigenvalue weighted by Crippen LogP contribution is -2.33. The zero-order chi connectivity index (χ0) is 26.6. The van der Waals surface area contributed by atoms with Gasteiger partial charge in [0.2, 0.25) is 5.95 Å². The summed E-state index contributed by atoms with van der Waals surface area (Å²) >= 11 is 0. The lowest BCUT2D eigenvalue weighted by molar-refractivity contribution is 0.266. The number of likely N-dealkylation sites (N-methyl/N-ethyl adjacent to an activating group) is 1. The summed E-state index contributed by atoms with van der Waals surface area (Å²) in [7, 11) is 1.77. The number of fused-ring (bicyclic) bond motifs is 1. The van der Waals surface area contributed by atoms with E-state index in [1.807, 2.05) is 36.0 Å². The fraction of sp³-hybridized carbons (Fsp3) is 0.345. The highest BCUT2D eigenvalue weighted by atomic mass is 32.2. The van der Waals surface area contributed by atoms with E-state index in [4.69, 9.17) is 4.98 Å². The van der Waals surface area contributed by atoms with Gasteiger partial charge in [0.15, 0.2) is 0 Å². The third-order valence-electron chi connectivity index (χ3n) is 7.45. The third-order valence-corrected chi connectivity index (χ3v) is 8.09. The number of para-hydroxylation sites is 1. The van der Waals surface area contributed by atoms with Gasteiger partial charge in [0.1, 0.15) is 6.07 Å². The molecule has 194 valence electrons. The molecule has 1 atom stereocenters. The summed E-state index contributed by atoms with van der Waals surface area (Å²) in [4.78, 5) is 11.7. The number of aryl methyl sites for hydroxylation is 2. The molecule has 38 heavy (non-hydrogen) atoms. The highest BCUT2D eigenvalue weighted by molar-refractivity contribution is 7.92. The Morgan fingerprint density at radius 2 is 2.03 bits per heavy atom. The summed E-state index contributed by atoms with van der Waals surface area (Å²) in [6.45, 7) is 2.07. The summed E-state index contributed by atoms with van der Waals surface area (Å²) in [6.07, 6.45) is 10.3. The maximum Gasteiger partial charge on any atom is 0.227 e. The largest absolute Gasteiger partial charge is 0.348 e. The summed E-state index contributed by atoms with van der Waals surface area (Å²) < 4.78 is 18.8. The van der Waals surface area contributed by atoms with E-state index in [0.29, 0.717) is 28.8 Å². The number of hydrogen-bond donors (Lipinski definition) is 1. The van der Waals surface area contributed by atoms with Gasteiger partial charge in [-0.3, -0.25) is 0 Å². The maximum atomic E-state index is 12.4. The Balaban J connectivity index is 1.43. The molecule has 0 amide bonds. The van der Waals surface area contributed by atoms with E-state index in [2.05, 4.69) is 44.8 Å². The molecule has 0 radical (unpaired) electrons. The smallest absolute Gasteiger partial charge is 0.227 e. The van der Waals surface area contributed by atoms with Crippen LogP contribution < -0.4 is 5.32 Å². The summed E-state index contributed by atoms with van der Waals surface area (Å²) in [6, 6.07) is 12.5. The number of aromatic nitrogens is 3. The van der Waals surface area contributed by atoms with Gasteiger partial charge in [-0.05, 0) is 67.1 Å². The Morgan fingerprint density at radius 3 is 2.82 bits per heavy atom. The Bertz CT molecular complexity index is 1750. The van der Waals surface area contributed by atoms with Crippen molar-refractivity contribution in [1.82, 2.24) is 19.4 Å². The van der Waals surface area contributed by atoms with Crippen LogP contribution >= 0.6 is 0 Å². The van der Waals surface area contributed by atoms with Gasteiger partial charge in [-0.2, -0.15) is 9.62 Å². The fourth-order valence-corrected chi connectivity index (χ4v) is 6.74. The zero-order valence-electron chi connectivity index (χ0n) is 22.2. The molecule has 1 aliphatic heterocycles. The first kappa shape index (κ1) is 24.6. The molecule has 0 spiro atoms. The molecule has 2 aromatic carbocycles. The van der Waals surface area contributed by atoms with Crippen LogP contribution in [0.4, 0.5) is 17.3 Å². The van der Waals surface area contributed by atoms with Crippen LogP contribution in [0, 0.1) is 11.3 Å². The molecule has 9 heteroatoms. The van der Waals surface area contributed by atoms with Gasteiger partial charge in [0, 0.05) is 65.2 Å². The van der Waals surface area contributed by atoms with Crippen LogP contribution in [0.1, 0.15) is 41.0 Å². The minimum atomic E-state index is -2.34. The summed E-state index contributed by atoms with van der Waals surface area (Å²) in [5.41, 5.74) is 8.59. The second kappa shape index (κ2) is 9.22. The second-order valence-corrected chi connectivity index (χ2v) is 13.3. The lowest BCUT2D eigenvalue weighted by atomic mass is 9.77. The van der Waals surface area contributed by atoms with Crippen molar-refractivity contribution in [2.45, 2.75) is 31.7 Å². The third kappa shape index (κ3) is 4.44. The van der Waals surface area contributed by atoms with E-state index in [1.54, 1.807) is 24.3 Å². The van der Waals surface area contributed by atoms with Crippen molar-refractivity contribution in [2.24, 2.45) is 11.4 Å². The van der Waals surface area contributed by atoms with Gasteiger partial charge in [0.05, 0.1) is 28.7 Å². The molecule has 0 bridgehead atoms. The predicted molar refractivity (Wildman–Crippen MR) is 152 cm³/mol. The van der Waals surface area contributed by atoms with E-state index < -0.39 is 9.73 Å². The molecule has 3 heterocycles. The van der Waals surface area contributed by atoms with E-state index in [1.165, 1.54) is 24.0 Å². The number of nitrogens with one attached hydrogen (secondary N) is 1. The Kier molecular flexibility index (Phi) is 5.97. The summed E-state index contributed by atoms with van der Waals surface area (Å²) in [5, 5.41) is 14.2. The quantitative estimate of drug-likeness (QED) is 0.379. The molecule has 1 aliphatic carbocycles. The molecule has 0 saturated heterocycles. The van der Waals surface area contributed by atoms with Crippen molar-refractivity contribution in [3.63, 3.8) is 0 Å². The zero-order valence-corrected chi connectivity index (χ0v) is 23.0. The first-order valence-corrected chi connectivity index (χ1v) is 15.2. The highest BCUT2D eigenvalue weighted by Crippen LogP contribution is 2.41. The highest BCUT2D eigenvalue weighted by Gasteiger charge is 2.29. The molecular weight excluding hydrogens is 494 g/mol. The van der Waals surface area contributed by atoms with Crippen LogP contribution in [-0.2, 0) is 29.7 Å². The lowest BCUT2D eigenvalue weighted by Gasteiger charge is -2.37. The maximum absolute atomic E-state index is 12.4. The Labute approximate surface area is 223 Å². The first-order chi connectivity index (χ1) is 18.2. The standard InChI is InChI=1S/C29H31N7OS/c1-35-15-19-8-5-7-18-11-22(12-20(16-35)26(18)19)32-29-31-14-21(13-30)27(33-29)24-17-36(2)28-23(24)9-6-10-25(28)34-38(3,4)37/h6,9-12,14,17,19H,5,7-8,15-16H2,1-4H3,(H,31,32,33). The van der Waals surface area contributed by atoms with Crippen LogP contribution in [0.2, 0.25) is 0 Å². The molecular formula is C29H31N7OS. The molecule has 2 aromatic heterocycles. The minimum absolute atomic E-state index is 0.394. The number of rotatable bonds is 4. The number of hydrogen-bond acceptors (Lipinski definition) is 7. The molecule has 1 unspecified atom stereocenters. The molecule has 1 N–H and O–H groups in total. The van der Waals surface area contributed by atoms with Crippen molar-refractivity contribution in [3.8, 4) is 17.3 Å². The second-order valence-electron chi connectivity index (χ2n) is 10.8. The average molecular weight is 526 g/mol. The number of anilines is 2. The topological polar surface area (TPSA) is 99.2 Å². The van der Waals surface area contributed by atoms with Gasteiger partial charge in [-0.15, -0.1) is 0 Å². The van der Waals surface area contributed by atoms with E-state index >= 15 is 0 Å². The van der Waals surface area contributed by atoms with Crippen molar-refractivity contribution < 1.29 is 4.21 Å². The van der Waals surface area contributed by atoms with E-state index in [9.17, 15) is 9.47 Å². The van der Waals surface area contributed by atoms with Gasteiger partial charge in [-0.1, -0.05) is 12.1 Å². The number of nitrogens with zero attached hydrogens (tertiary/aromatic N) is 6. The summed E-state index contributed by atoms with van der Waals surface area (Å²) in [5.74, 6) is 1.07. The van der Waals surface area contributed by atoms with Crippen molar-refractivity contribution >= 4 is 38.0 Å². The number of benzene rings is 2. The van der Waals surface area contributed by atoms with Crippen LogP contribution in [0.25, 0.3) is 22.2 Å². The fourth-order valence-electron chi connectivity index (χ4n) is 6.11. The van der Waals surface area contributed by atoms with Crippen LogP contribution in [0.5, 0.6) is 0 Å². The van der Waals surface area contributed by atoms with Crippen LogP contribution in [0.15, 0.2) is 47.1 Å². The monoisotopic (exact) mass is 525 g/mol. The predicted octanol–water partition coefficient (Wildman–Crippen LogP) is 5.47. The molecule has 4 aromatic rings. The van der Waals surface area contributed by atoms with E-state index in [0.717, 1.165) is 41.7 Å². The Hall–Kier alpha value is -3.74. The average Bonchev–Trinajstić information content (AvgIpc) is 3.20. The SMILES string of the molecule is CN1Cc2cc(Nc3ncc(C#N)c(-c4cn(C)c5c(N=S(C)(C)=O)cccc45)n3)cc3c2C(CCC3)C1. The first-order valence-electron chi connectivity index (χ1n) is 12.8. The van der Waals surface area contributed by atoms with Gasteiger partial charge < -0.3 is 14.8 Å². The van der Waals surface area contributed by atoms with Gasteiger partial charge in [-0.25, -0.2) is 14.2 Å². The number of nitriles is 1. The van der Waals surface area contributed by atoms with Gasteiger partial charge >= 0.3 is 0 Å². The molecule has 2 aliphatic rings. The molecule has 6 rings (SSSR count). The minimum Gasteiger partial charge on any atom is -0.348 e. The molecule has 0 saturated carbocycles.